The summed E-state index contributed by atoms with van der Waals surface area (Å²) in [4.78, 5) is 0. The van der Waals surface area contributed by atoms with Crippen molar-refractivity contribution in [2.45, 2.75) is 12.5 Å². The molecule has 0 unspecified atom stereocenters. The summed E-state index contributed by atoms with van der Waals surface area (Å²) in [7, 11) is 1.48. The van der Waals surface area contributed by atoms with Crippen molar-refractivity contribution in [3.63, 3.8) is 0 Å². The van der Waals surface area contributed by atoms with Crippen LogP contribution in [0.5, 0.6) is 11.5 Å². The molecule has 14 heavy (non-hydrogen) atoms. The van der Waals surface area contributed by atoms with Crippen molar-refractivity contribution in [1.82, 2.24) is 0 Å². The highest BCUT2D eigenvalue weighted by Crippen LogP contribution is 2.28. The van der Waals surface area contributed by atoms with Gasteiger partial charge in [-0.05, 0) is 24.1 Å². The number of aliphatic hydroxyl groups excluding tert-OH is 1. The standard InChI is InChI=1S/C10H15NO3/c1-14-10-6-7(2-3-9(10)13)8(11)4-5-12/h2-3,6,8,12-13H,4-5,11H2,1H3/t8-/m1/s1. The SMILES string of the molecule is COc1cc([C@H](N)CCO)ccc1O. The molecule has 0 saturated carbocycles. The number of aliphatic hydroxyl groups is 1. The zero-order valence-corrected chi connectivity index (χ0v) is 8.10. The summed E-state index contributed by atoms with van der Waals surface area (Å²) in [5, 5.41) is 18.0. The highest BCUT2D eigenvalue weighted by atomic mass is 16.5. The second-order valence-electron chi connectivity index (χ2n) is 3.05. The number of aromatic hydroxyl groups is 1. The number of ether oxygens (including phenoxy) is 1. The molecule has 0 aliphatic heterocycles. The lowest BCUT2D eigenvalue weighted by Gasteiger charge is -2.12. The van der Waals surface area contributed by atoms with Crippen LogP contribution >= 0.6 is 0 Å². The zero-order chi connectivity index (χ0) is 10.6. The number of phenolic OH excluding ortho intramolecular Hbond substituents is 1. The minimum absolute atomic E-state index is 0.0460. The number of rotatable bonds is 4. The fourth-order valence-electron chi connectivity index (χ4n) is 1.23. The maximum absolute atomic E-state index is 9.33. The Morgan fingerprint density at radius 2 is 2.21 bits per heavy atom. The topological polar surface area (TPSA) is 75.7 Å². The molecule has 0 heterocycles. The van der Waals surface area contributed by atoms with Crippen LogP contribution in [0.15, 0.2) is 18.2 Å². The van der Waals surface area contributed by atoms with Crippen LogP contribution < -0.4 is 10.5 Å². The molecule has 0 aliphatic rings. The third-order valence-electron chi connectivity index (χ3n) is 2.07. The first-order valence-electron chi connectivity index (χ1n) is 4.42. The van der Waals surface area contributed by atoms with Gasteiger partial charge in [-0.25, -0.2) is 0 Å². The maximum Gasteiger partial charge on any atom is 0.160 e. The molecular weight excluding hydrogens is 182 g/mol. The van der Waals surface area contributed by atoms with Gasteiger partial charge in [0.15, 0.2) is 11.5 Å². The lowest BCUT2D eigenvalue weighted by molar-refractivity contribution is 0.276. The zero-order valence-electron chi connectivity index (χ0n) is 8.10. The first-order chi connectivity index (χ1) is 6.69. The summed E-state index contributed by atoms with van der Waals surface area (Å²) >= 11 is 0. The lowest BCUT2D eigenvalue weighted by atomic mass is 10.0. The molecule has 0 saturated heterocycles. The van der Waals surface area contributed by atoms with E-state index in [1.807, 2.05) is 0 Å². The van der Waals surface area contributed by atoms with E-state index >= 15 is 0 Å². The second kappa shape index (κ2) is 4.83. The minimum Gasteiger partial charge on any atom is -0.504 e. The molecule has 1 aromatic carbocycles. The highest BCUT2D eigenvalue weighted by Gasteiger charge is 2.08. The van der Waals surface area contributed by atoms with E-state index in [9.17, 15) is 5.11 Å². The fraction of sp³-hybridized carbons (Fsp3) is 0.400. The molecule has 0 aromatic heterocycles. The first-order valence-corrected chi connectivity index (χ1v) is 4.42. The lowest BCUT2D eigenvalue weighted by Crippen LogP contribution is -2.11. The normalized spacial score (nSPS) is 12.5. The van der Waals surface area contributed by atoms with Crippen molar-refractivity contribution in [3.05, 3.63) is 23.8 Å². The predicted octanol–water partition coefficient (Wildman–Crippen LogP) is 0.783. The number of hydrogen-bond donors (Lipinski definition) is 3. The molecule has 0 spiro atoms. The number of nitrogens with two attached hydrogens (primary N) is 1. The average Bonchev–Trinajstić information content (AvgIpc) is 2.19. The average molecular weight is 197 g/mol. The van der Waals surface area contributed by atoms with Crippen LogP contribution in [0.1, 0.15) is 18.0 Å². The summed E-state index contributed by atoms with van der Waals surface area (Å²) < 4.78 is 4.95. The van der Waals surface area contributed by atoms with Crippen LogP contribution in [0.3, 0.4) is 0 Å². The van der Waals surface area contributed by atoms with Crippen molar-refractivity contribution in [3.8, 4) is 11.5 Å². The van der Waals surface area contributed by atoms with E-state index in [0.29, 0.717) is 12.2 Å². The predicted molar refractivity (Wildman–Crippen MR) is 53.3 cm³/mol. The van der Waals surface area contributed by atoms with Crippen LogP contribution in [0.4, 0.5) is 0 Å². The Kier molecular flexibility index (Phi) is 3.73. The summed E-state index contributed by atoms with van der Waals surface area (Å²) in [5.74, 6) is 0.489. The fourth-order valence-corrected chi connectivity index (χ4v) is 1.23. The number of phenols is 1. The molecule has 0 amide bonds. The number of benzene rings is 1. The van der Waals surface area contributed by atoms with Crippen molar-refractivity contribution < 1.29 is 14.9 Å². The molecule has 78 valence electrons. The summed E-state index contributed by atoms with van der Waals surface area (Å²) in [6, 6.07) is 4.70. The van der Waals surface area contributed by atoms with E-state index in [4.69, 9.17) is 15.6 Å². The van der Waals surface area contributed by atoms with Gasteiger partial charge in [0.1, 0.15) is 0 Å². The Morgan fingerprint density at radius 1 is 1.50 bits per heavy atom. The smallest absolute Gasteiger partial charge is 0.160 e. The summed E-state index contributed by atoms with van der Waals surface area (Å²) in [5.41, 5.74) is 6.62. The van der Waals surface area contributed by atoms with Crippen LogP contribution in [-0.2, 0) is 0 Å². The number of hydrogen-bond acceptors (Lipinski definition) is 4. The van der Waals surface area contributed by atoms with E-state index in [0.717, 1.165) is 5.56 Å². The van der Waals surface area contributed by atoms with E-state index in [1.54, 1.807) is 12.1 Å². The molecule has 4 N–H and O–H groups in total. The molecule has 0 radical (unpaired) electrons. The van der Waals surface area contributed by atoms with Gasteiger partial charge in [0.25, 0.3) is 0 Å². The van der Waals surface area contributed by atoms with Gasteiger partial charge in [-0.2, -0.15) is 0 Å². The van der Waals surface area contributed by atoms with Gasteiger partial charge in [-0.15, -0.1) is 0 Å². The Hall–Kier alpha value is -1.26. The van der Waals surface area contributed by atoms with Gasteiger partial charge in [-0.3, -0.25) is 0 Å². The van der Waals surface area contributed by atoms with E-state index in [-0.39, 0.29) is 18.4 Å². The first kappa shape index (κ1) is 10.8. The molecule has 1 atom stereocenters. The van der Waals surface area contributed by atoms with Gasteiger partial charge in [0, 0.05) is 12.6 Å². The van der Waals surface area contributed by atoms with Crippen molar-refractivity contribution in [1.29, 1.82) is 0 Å². The van der Waals surface area contributed by atoms with Gasteiger partial charge in [0.05, 0.1) is 7.11 Å². The van der Waals surface area contributed by atoms with Crippen LogP contribution in [-0.4, -0.2) is 23.9 Å². The maximum atomic E-state index is 9.33. The largest absolute Gasteiger partial charge is 0.504 e. The highest BCUT2D eigenvalue weighted by molar-refractivity contribution is 5.42. The second-order valence-corrected chi connectivity index (χ2v) is 3.05. The quantitative estimate of drug-likeness (QED) is 0.666. The van der Waals surface area contributed by atoms with Crippen LogP contribution in [0.2, 0.25) is 0 Å². The molecule has 0 fully saturated rings. The Balaban J connectivity index is 2.88. The van der Waals surface area contributed by atoms with Crippen molar-refractivity contribution >= 4 is 0 Å². The number of methoxy groups -OCH3 is 1. The van der Waals surface area contributed by atoms with E-state index in [1.165, 1.54) is 13.2 Å². The molecule has 4 nitrogen and oxygen atoms in total. The Bertz CT molecular complexity index is 301. The van der Waals surface area contributed by atoms with E-state index < -0.39 is 0 Å². The third-order valence-corrected chi connectivity index (χ3v) is 2.07. The van der Waals surface area contributed by atoms with Crippen molar-refractivity contribution in [2.75, 3.05) is 13.7 Å². The third kappa shape index (κ3) is 2.37. The Morgan fingerprint density at radius 3 is 2.79 bits per heavy atom. The van der Waals surface area contributed by atoms with Crippen LogP contribution in [0.25, 0.3) is 0 Å². The monoisotopic (exact) mass is 197 g/mol. The summed E-state index contributed by atoms with van der Waals surface area (Å²) in [6.45, 7) is 0.0460. The molecule has 1 aromatic rings. The molecule has 1 rings (SSSR count). The van der Waals surface area contributed by atoms with Gasteiger partial charge >= 0.3 is 0 Å². The van der Waals surface area contributed by atoms with E-state index in [2.05, 4.69) is 0 Å². The van der Waals surface area contributed by atoms with Gasteiger partial charge in [-0.1, -0.05) is 6.07 Å². The molecule has 0 aliphatic carbocycles. The van der Waals surface area contributed by atoms with Gasteiger partial charge < -0.3 is 20.7 Å². The van der Waals surface area contributed by atoms with Crippen LogP contribution in [0, 0.1) is 0 Å². The summed E-state index contributed by atoms with van der Waals surface area (Å²) in [6.07, 6.45) is 0.494. The van der Waals surface area contributed by atoms with Gasteiger partial charge in [0.2, 0.25) is 0 Å². The minimum atomic E-state index is -0.227. The molecule has 0 bridgehead atoms. The Labute approximate surface area is 82.9 Å². The molecule has 4 heteroatoms. The van der Waals surface area contributed by atoms with Crippen molar-refractivity contribution in [2.24, 2.45) is 5.73 Å². The molecular formula is C10H15NO3.